The van der Waals surface area contributed by atoms with Crippen LogP contribution in [-0.4, -0.2) is 63.2 Å². The Hall–Kier alpha value is -5.00. The highest BCUT2D eigenvalue weighted by Crippen LogP contribution is 2.14. The van der Waals surface area contributed by atoms with Crippen molar-refractivity contribution in [3.8, 4) is 11.5 Å². The average molecular weight is 585 g/mol. The molecule has 0 heterocycles. The smallest absolute Gasteiger partial charge is 0.331 e. The van der Waals surface area contributed by atoms with E-state index >= 15 is 0 Å². The number of methoxy groups -OCH3 is 2. The SMILES string of the molecule is COc1ccc(CC(=O)OC(=O)C(C)COC(=O)/C=C/C(=O)OCC(C)C(=O)OC(=O)Cc2ccc(OC)cc2)cc1. The van der Waals surface area contributed by atoms with Crippen molar-refractivity contribution in [2.45, 2.75) is 26.7 Å². The fraction of sp³-hybridized carbons (Fsp3) is 0.333. The molecule has 12 nitrogen and oxygen atoms in total. The van der Waals surface area contributed by atoms with Crippen LogP contribution in [0.4, 0.5) is 0 Å². The lowest BCUT2D eigenvalue weighted by atomic mass is 10.1. The van der Waals surface area contributed by atoms with Crippen molar-refractivity contribution in [1.82, 2.24) is 0 Å². The van der Waals surface area contributed by atoms with E-state index in [-0.39, 0.29) is 12.8 Å². The summed E-state index contributed by atoms with van der Waals surface area (Å²) in [5, 5.41) is 0. The molecule has 0 aliphatic rings. The van der Waals surface area contributed by atoms with Gasteiger partial charge < -0.3 is 28.4 Å². The minimum atomic E-state index is -0.951. The zero-order valence-electron chi connectivity index (χ0n) is 23.7. The summed E-state index contributed by atoms with van der Waals surface area (Å²) in [5.41, 5.74) is 1.24. The molecule has 0 aliphatic carbocycles. The van der Waals surface area contributed by atoms with E-state index < -0.39 is 60.9 Å². The van der Waals surface area contributed by atoms with Gasteiger partial charge in [-0.1, -0.05) is 24.3 Å². The first-order valence-corrected chi connectivity index (χ1v) is 12.8. The summed E-state index contributed by atoms with van der Waals surface area (Å²) in [6.45, 7) is 1.99. The van der Waals surface area contributed by atoms with E-state index in [0.717, 1.165) is 12.2 Å². The van der Waals surface area contributed by atoms with Crippen LogP contribution in [0.2, 0.25) is 0 Å². The van der Waals surface area contributed by atoms with Gasteiger partial charge in [-0.05, 0) is 49.2 Å². The Labute approximate surface area is 242 Å². The number of esters is 6. The van der Waals surface area contributed by atoms with Crippen molar-refractivity contribution < 1.29 is 57.2 Å². The van der Waals surface area contributed by atoms with Gasteiger partial charge in [0.2, 0.25) is 0 Å². The Bertz CT molecular complexity index is 1180. The van der Waals surface area contributed by atoms with Crippen molar-refractivity contribution in [2.75, 3.05) is 27.4 Å². The van der Waals surface area contributed by atoms with Crippen molar-refractivity contribution in [3.05, 3.63) is 71.8 Å². The zero-order chi connectivity index (χ0) is 31.1. The number of carbonyl (C=O) groups excluding carboxylic acids is 6. The van der Waals surface area contributed by atoms with E-state index in [0.29, 0.717) is 22.6 Å². The summed E-state index contributed by atoms with van der Waals surface area (Å²) >= 11 is 0. The van der Waals surface area contributed by atoms with Crippen molar-refractivity contribution in [1.29, 1.82) is 0 Å². The molecule has 2 aromatic rings. The standard InChI is InChI=1S/C30H32O12/c1-19(29(35)41-27(33)15-21-5-9-23(37-3)10-6-21)17-39-25(31)13-14-26(32)40-18-20(2)30(36)42-28(34)16-22-7-11-24(38-4)12-8-22/h5-14,19-20H,15-18H2,1-4H3/b14-13+. The second-order valence-corrected chi connectivity index (χ2v) is 9.03. The van der Waals surface area contributed by atoms with Gasteiger partial charge in [-0.15, -0.1) is 0 Å². The molecule has 12 heteroatoms. The average Bonchev–Trinajstić information content (AvgIpc) is 2.97. The number of benzene rings is 2. The Balaban J connectivity index is 1.66. The molecule has 0 spiro atoms. The fourth-order valence-electron chi connectivity index (χ4n) is 3.10. The Morgan fingerprint density at radius 1 is 0.595 bits per heavy atom. The molecule has 2 atom stereocenters. The number of carbonyl (C=O) groups is 6. The maximum absolute atomic E-state index is 12.1. The van der Waals surface area contributed by atoms with Gasteiger partial charge in [0, 0.05) is 12.2 Å². The molecule has 0 fully saturated rings. The van der Waals surface area contributed by atoms with Crippen LogP contribution < -0.4 is 9.47 Å². The van der Waals surface area contributed by atoms with Crippen LogP contribution in [0.3, 0.4) is 0 Å². The molecule has 0 aromatic heterocycles. The predicted molar refractivity (Wildman–Crippen MR) is 145 cm³/mol. The number of ether oxygens (including phenoxy) is 6. The van der Waals surface area contributed by atoms with Crippen molar-refractivity contribution >= 4 is 35.8 Å². The first kappa shape index (κ1) is 33.2. The van der Waals surface area contributed by atoms with E-state index in [9.17, 15) is 28.8 Å². The first-order chi connectivity index (χ1) is 20.0. The van der Waals surface area contributed by atoms with Crippen molar-refractivity contribution in [3.63, 3.8) is 0 Å². The minimum absolute atomic E-state index is 0.135. The molecule has 0 bridgehead atoms. The second-order valence-electron chi connectivity index (χ2n) is 9.03. The summed E-state index contributed by atoms with van der Waals surface area (Å²) in [5.74, 6) is -5.88. The minimum Gasteiger partial charge on any atom is -0.497 e. The molecular formula is C30H32O12. The quantitative estimate of drug-likeness (QED) is 0.138. The topological polar surface area (TPSA) is 158 Å². The highest BCUT2D eigenvalue weighted by atomic mass is 16.6. The number of hydrogen-bond acceptors (Lipinski definition) is 12. The van der Waals surface area contributed by atoms with Gasteiger partial charge in [0.25, 0.3) is 0 Å². The molecule has 0 aliphatic heterocycles. The molecule has 0 N–H and O–H groups in total. The van der Waals surface area contributed by atoms with Gasteiger partial charge in [0.15, 0.2) is 0 Å². The third kappa shape index (κ3) is 12.0. The van der Waals surface area contributed by atoms with Gasteiger partial charge in [0.1, 0.15) is 24.7 Å². The summed E-state index contributed by atoms with van der Waals surface area (Å²) in [4.78, 5) is 72.0. The normalized spacial score (nSPS) is 12.0. The summed E-state index contributed by atoms with van der Waals surface area (Å²) in [7, 11) is 3.02. The Morgan fingerprint density at radius 2 is 0.929 bits per heavy atom. The predicted octanol–water partition coefficient (Wildman–Crippen LogP) is 2.54. The summed E-state index contributed by atoms with van der Waals surface area (Å²) < 4.78 is 29.4. The van der Waals surface area contributed by atoms with E-state index in [4.69, 9.17) is 28.4 Å². The van der Waals surface area contributed by atoms with Crippen LogP contribution in [0.25, 0.3) is 0 Å². The van der Waals surface area contributed by atoms with Gasteiger partial charge in [-0.25, -0.2) is 9.59 Å². The van der Waals surface area contributed by atoms with Gasteiger partial charge in [-0.2, -0.15) is 0 Å². The van der Waals surface area contributed by atoms with Crippen molar-refractivity contribution in [2.24, 2.45) is 11.8 Å². The van der Waals surface area contributed by atoms with Gasteiger partial charge in [0.05, 0.1) is 38.9 Å². The molecule has 0 saturated carbocycles. The highest BCUT2D eigenvalue weighted by molar-refractivity contribution is 5.92. The van der Waals surface area contributed by atoms with E-state index in [1.54, 1.807) is 48.5 Å². The zero-order valence-corrected chi connectivity index (χ0v) is 23.7. The second kappa shape index (κ2) is 17.0. The lowest BCUT2D eigenvalue weighted by molar-refractivity contribution is -0.165. The monoisotopic (exact) mass is 584 g/mol. The molecule has 0 amide bonds. The molecule has 2 rings (SSSR count). The maximum atomic E-state index is 12.1. The molecule has 2 aromatic carbocycles. The summed E-state index contributed by atoms with van der Waals surface area (Å²) in [6, 6.07) is 13.3. The Morgan fingerprint density at radius 3 is 1.24 bits per heavy atom. The first-order valence-electron chi connectivity index (χ1n) is 12.8. The third-order valence-corrected chi connectivity index (χ3v) is 5.56. The van der Waals surface area contributed by atoms with E-state index in [2.05, 4.69) is 0 Å². The number of hydrogen-bond donors (Lipinski definition) is 0. The molecular weight excluding hydrogens is 552 g/mol. The van der Waals surface area contributed by atoms with Gasteiger partial charge >= 0.3 is 35.8 Å². The molecule has 224 valence electrons. The van der Waals surface area contributed by atoms with Gasteiger partial charge in [-0.3, -0.25) is 19.2 Å². The van der Waals surface area contributed by atoms with Crippen LogP contribution in [0.15, 0.2) is 60.7 Å². The lowest BCUT2D eigenvalue weighted by Gasteiger charge is -2.11. The molecule has 2 unspecified atom stereocenters. The largest absolute Gasteiger partial charge is 0.497 e. The molecule has 42 heavy (non-hydrogen) atoms. The van der Waals surface area contributed by atoms with Crippen LogP contribution in [0.5, 0.6) is 11.5 Å². The van der Waals surface area contributed by atoms with Crippen LogP contribution in [0.1, 0.15) is 25.0 Å². The summed E-state index contributed by atoms with van der Waals surface area (Å²) in [6.07, 6.45) is 1.28. The fourth-order valence-corrected chi connectivity index (χ4v) is 3.10. The third-order valence-electron chi connectivity index (χ3n) is 5.56. The van der Waals surface area contributed by atoms with E-state index in [1.807, 2.05) is 0 Å². The molecule has 0 saturated heterocycles. The Kier molecular flexibility index (Phi) is 13.4. The highest BCUT2D eigenvalue weighted by Gasteiger charge is 2.21. The van der Waals surface area contributed by atoms with Crippen LogP contribution >= 0.6 is 0 Å². The van der Waals surface area contributed by atoms with Crippen LogP contribution in [-0.2, 0) is 60.6 Å². The molecule has 0 radical (unpaired) electrons. The number of rotatable bonds is 14. The van der Waals surface area contributed by atoms with Crippen LogP contribution in [0, 0.1) is 11.8 Å². The van der Waals surface area contributed by atoms with E-state index in [1.165, 1.54) is 28.1 Å². The maximum Gasteiger partial charge on any atom is 0.331 e. The lowest BCUT2D eigenvalue weighted by Crippen LogP contribution is -2.25.